The third-order valence-corrected chi connectivity index (χ3v) is 4.90. The molecule has 1 aromatic carbocycles. The zero-order chi connectivity index (χ0) is 16.2. The van der Waals surface area contributed by atoms with E-state index in [1.54, 1.807) is 31.2 Å². The zero-order valence-corrected chi connectivity index (χ0v) is 14.0. The smallest absolute Gasteiger partial charge is 0.233 e. The highest BCUT2D eigenvalue weighted by molar-refractivity contribution is 7.92. The number of aromatic nitrogens is 2. The van der Waals surface area contributed by atoms with Gasteiger partial charge in [-0.2, -0.15) is 0 Å². The maximum absolute atomic E-state index is 11.6. The average Bonchev–Trinajstić information content (AvgIpc) is 2.45. The van der Waals surface area contributed by atoms with E-state index in [1.807, 2.05) is 0 Å². The van der Waals surface area contributed by atoms with Crippen molar-refractivity contribution in [1.82, 2.24) is 10.2 Å². The maximum atomic E-state index is 11.6. The summed E-state index contributed by atoms with van der Waals surface area (Å²) < 4.78 is 25.6. The van der Waals surface area contributed by atoms with Gasteiger partial charge in [0.2, 0.25) is 10.0 Å². The fourth-order valence-corrected chi connectivity index (χ4v) is 3.09. The number of rotatable bonds is 6. The standard InChI is InChI=1S/C13H14Cl2N4O2S/c1-2-8-22(20,21)19-12-7-6-11(17-18-12)16-10-5-3-4-9(14)13(10)15/h3-7H,2,8H2,1H3,(H,16,17)(H,18,19). The predicted molar refractivity (Wildman–Crippen MR) is 89.5 cm³/mol. The first-order chi connectivity index (χ1) is 10.4. The molecule has 0 aliphatic carbocycles. The average molecular weight is 361 g/mol. The number of nitrogens with one attached hydrogen (secondary N) is 2. The van der Waals surface area contributed by atoms with Crippen LogP contribution in [0.3, 0.4) is 0 Å². The molecule has 0 unspecified atom stereocenters. The molecule has 22 heavy (non-hydrogen) atoms. The molecule has 0 aliphatic rings. The highest BCUT2D eigenvalue weighted by Gasteiger charge is 2.10. The van der Waals surface area contributed by atoms with Crippen LogP contribution >= 0.6 is 23.2 Å². The number of sulfonamides is 1. The second kappa shape index (κ2) is 7.13. The van der Waals surface area contributed by atoms with E-state index in [4.69, 9.17) is 23.2 Å². The van der Waals surface area contributed by atoms with Gasteiger partial charge < -0.3 is 5.32 Å². The SMILES string of the molecule is CCCS(=O)(=O)Nc1ccc(Nc2cccc(Cl)c2Cl)nn1. The minimum atomic E-state index is -3.38. The quantitative estimate of drug-likeness (QED) is 0.820. The van der Waals surface area contributed by atoms with Crippen molar-refractivity contribution in [2.45, 2.75) is 13.3 Å². The van der Waals surface area contributed by atoms with Crippen molar-refractivity contribution in [2.75, 3.05) is 15.8 Å². The summed E-state index contributed by atoms with van der Waals surface area (Å²) in [5.41, 5.74) is 0.586. The molecule has 0 radical (unpaired) electrons. The first kappa shape index (κ1) is 16.8. The van der Waals surface area contributed by atoms with E-state index in [2.05, 4.69) is 20.2 Å². The molecule has 0 saturated heterocycles. The van der Waals surface area contributed by atoms with Gasteiger partial charge in [-0.1, -0.05) is 36.2 Å². The Morgan fingerprint density at radius 1 is 1.09 bits per heavy atom. The molecule has 0 saturated carbocycles. The molecule has 1 aromatic heterocycles. The lowest BCUT2D eigenvalue weighted by molar-refractivity contribution is 0.599. The van der Waals surface area contributed by atoms with E-state index < -0.39 is 10.0 Å². The molecule has 0 atom stereocenters. The Kier molecular flexibility index (Phi) is 5.44. The number of anilines is 3. The van der Waals surface area contributed by atoms with E-state index in [0.29, 0.717) is 28.0 Å². The van der Waals surface area contributed by atoms with Crippen molar-refractivity contribution < 1.29 is 8.42 Å². The van der Waals surface area contributed by atoms with E-state index in [9.17, 15) is 8.42 Å². The Bertz CT molecular complexity index is 751. The van der Waals surface area contributed by atoms with Gasteiger partial charge in [-0.15, -0.1) is 10.2 Å². The molecule has 1 heterocycles. The molecule has 2 rings (SSSR count). The van der Waals surface area contributed by atoms with Crippen LogP contribution in [0, 0.1) is 0 Å². The molecule has 118 valence electrons. The van der Waals surface area contributed by atoms with Gasteiger partial charge in [-0.05, 0) is 30.7 Å². The molecule has 0 aliphatic heterocycles. The van der Waals surface area contributed by atoms with Gasteiger partial charge in [0.1, 0.15) is 0 Å². The normalized spacial score (nSPS) is 11.2. The molecule has 0 bridgehead atoms. The lowest BCUT2D eigenvalue weighted by Crippen LogP contribution is -2.17. The van der Waals surface area contributed by atoms with Crippen LogP contribution in [0.1, 0.15) is 13.3 Å². The van der Waals surface area contributed by atoms with Crippen molar-refractivity contribution in [3.8, 4) is 0 Å². The first-order valence-electron chi connectivity index (χ1n) is 6.46. The van der Waals surface area contributed by atoms with Gasteiger partial charge >= 0.3 is 0 Å². The summed E-state index contributed by atoms with van der Waals surface area (Å²) in [6.45, 7) is 1.78. The second-order valence-electron chi connectivity index (χ2n) is 4.45. The number of halogens is 2. The summed E-state index contributed by atoms with van der Waals surface area (Å²) in [7, 11) is -3.38. The minimum Gasteiger partial charge on any atom is -0.337 e. The second-order valence-corrected chi connectivity index (χ2v) is 7.08. The van der Waals surface area contributed by atoms with E-state index in [-0.39, 0.29) is 11.6 Å². The van der Waals surface area contributed by atoms with Crippen LogP contribution in [0.5, 0.6) is 0 Å². The fourth-order valence-electron chi connectivity index (χ4n) is 1.67. The van der Waals surface area contributed by atoms with Gasteiger partial charge in [0.25, 0.3) is 0 Å². The monoisotopic (exact) mass is 360 g/mol. The summed E-state index contributed by atoms with van der Waals surface area (Å²) in [4.78, 5) is 0. The Labute approximate surface area is 138 Å². The molecular weight excluding hydrogens is 347 g/mol. The summed E-state index contributed by atoms with van der Waals surface area (Å²) in [5.74, 6) is 0.617. The van der Waals surface area contributed by atoms with Gasteiger partial charge in [-0.3, -0.25) is 4.72 Å². The fraction of sp³-hybridized carbons (Fsp3) is 0.231. The topological polar surface area (TPSA) is 84.0 Å². The highest BCUT2D eigenvalue weighted by atomic mass is 35.5. The molecule has 0 fully saturated rings. The van der Waals surface area contributed by atoms with Crippen molar-refractivity contribution in [1.29, 1.82) is 0 Å². The number of hydrogen-bond acceptors (Lipinski definition) is 5. The summed E-state index contributed by atoms with van der Waals surface area (Å²) in [5, 5.41) is 11.5. The van der Waals surface area contributed by atoms with Gasteiger partial charge in [0.05, 0.1) is 21.5 Å². The molecular formula is C13H14Cl2N4O2S. The Balaban J connectivity index is 2.11. The minimum absolute atomic E-state index is 0.0345. The lowest BCUT2D eigenvalue weighted by atomic mass is 10.3. The molecule has 0 spiro atoms. The lowest BCUT2D eigenvalue weighted by Gasteiger charge is -2.09. The Hall–Kier alpha value is -1.57. The van der Waals surface area contributed by atoms with Crippen LogP contribution in [0.4, 0.5) is 17.3 Å². The largest absolute Gasteiger partial charge is 0.337 e. The van der Waals surface area contributed by atoms with E-state index in [1.165, 1.54) is 6.07 Å². The number of nitrogens with zero attached hydrogens (tertiary/aromatic N) is 2. The molecule has 9 heteroatoms. The maximum Gasteiger partial charge on any atom is 0.233 e. The van der Waals surface area contributed by atoms with Gasteiger partial charge in [0.15, 0.2) is 11.6 Å². The third kappa shape index (κ3) is 4.46. The van der Waals surface area contributed by atoms with Crippen molar-refractivity contribution >= 4 is 50.5 Å². The number of benzene rings is 1. The van der Waals surface area contributed by atoms with Crippen LogP contribution in [0.2, 0.25) is 10.0 Å². The predicted octanol–water partition coefficient (Wildman–Crippen LogP) is 3.68. The first-order valence-corrected chi connectivity index (χ1v) is 8.87. The summed E-state index contributed by atoms with van der Waals surface area (Å²) in [6.07, 6.45) is 0.523. The van der Waals surface area contributed by atoms with Crippen LogP contribution in [-0.2, 0) is 10.0 Å². The van der Waals surface area contributed by atoms with Crippen LogP contribution in [0.25, 0.3) is 0 Å². The Morgan fingerprint density at radius 3 is 2.41 bits per heavy atom. The molecule has 2 N–H and O–H groups in total. The van der Waals surface area contributed by atoms with E-state index >= 15 is 0 Å². The number of hydrogen-bond donors (Lipinski definition) is 2. The molecule has 6 nitrogen and oxygen atoms in total. The molecule has 2 aromatic rings. The van der Waals surface area contributed by atoms with Crippen LogP contribution < -0.4 is 10.0 Å². The zero-order valence-electron chi connectivity index (χ0n) is 11.7. The van der Waals surface area contributed by atoms with Gasteiger partial charge in [0, 0.05) is 0 Å². The van der Waals surface area contributed by atoms with Crippen molar-refractivity contribution in [2.24, 2.45) is 0 Å². The Morgan fingerprint density at radius 2 is 1.77 bits per heavy atom. The van der Waals surface area contributed by atoms with Crippen molar-refractivity contribution in [3.63, 3.8) is 0 Å². The molecule has 0 amide bonds. The van der Waals surface area contributed by atoms with E-state index in [0.717, 1.165) is 0 Å². The summed E-state index contributed by atoms with van der Waals surface area (Å²) >= 11 is 12.0. The summed E-state index contributed by atoms with van der Waals surface area (Å²) in [6, 6.07) is 8.27. The van der Waals surface area contributed by atoms with Gasteiger partial charge in [-0.25, -0.2) is 8.42 Å². The van der Waals surface area contributed by atoms with Crippen molar-refractivity contribution in [3.05, 3.63) is 40.4 Å². The van der Waals surface area contributed by atoms with Crippen LogP contribution in [-0.4, -0.2) is 24.4 Å². The third-order valence-electron chi connectivity index (χ3n) is 2.61. The van der Waals surface area contributed by atoms with Crippen LogP contribution in [0.15, 0.2) is 30.3 Å². The highest BCUT2D eigenvalue weighted by Crippen LogP contribution is 2.31.